The fourth-order valence-electron chi connectivity index (χ4n) is 6.10. The average Bonchev–Trinajstić information content (AvgIpc) is 3.02. The molecule has 0 fully saturated rings. The molecule has 2 unspecified atom stereocenters. The van der Waals surface area contributed by atoms with Crippen LogP contribution >= 0.6 is 0 Å². The molecule has 0 aliphatic heterocycles. The van der Waals surface area contributed by atoms with Crippen molar-refractivity contribution in [3.63, 3.8) is 0 Å². The molecule has 0 radical (unpaired) electrons. The Bertz CT molecular complexity index is 1070. The first kappa shape index (κ1) is 37.5. The molecular weight excluding hydrogens is 573 g/mol. The predicted octanol–water partition coefficient (Wildman–Crippen LogP) is 10.9. The molecule has 2 atom stereocenters. The lowest BCUT2D eigenvalue weighted by molar-refractivity contribution is 0.496. The Balaban J connectivity index is 2.02. The molecule has 244 valence electrons. The Hall–Kier alpha value is -1.66. The molecule has 0 spiro atoms. The average molecular weight is 633 g/mol. The number of unbranched alkanes of at least 4 members (excludes halogenated alkanes) is 14. The normalized spacial score (nSPS) is 13.6. The van der Waals surface area contributed by atoms with Crippen molar-refractivity contribution in [1.29, 1.82) is 0 Å². The summed E-state index contributed by atoms with van der Waals surface area (Å²) >= 11 is 0. The lowest BCUT2D eigenvalue weighted by atomic mass is 10.0. The second kappa shape index (κ2) is 21.9. The Morgan fingerprint density at radius 3 is 1.00 bits per heavy atom. The molecule has 43 heavy (non-hydrogen) atoms. The molecule has 0 aliphatic carbocycles. The minimum absolute atomic E-state index is 0.381. The Kier molecular flexibility index (Phi) is 19.2. The van der Waals surface area contributed by atoms with Gasteiger partial charge < -0.3 is 0 Å². The molecule has 4 nitrogen and oxygen atoms in total. The van der Waals surface area contributed by atoms with E-state index in [0.29, 0.717) is 41.9 Å². The van der Waals surface area contributed by atoms with Crippen LogP contribution in [0.3, 0.4) is 0 Å². The summed E-state index contributed by atoms with van der Waals surface area (Å²) in [4.78, 5) is 0.763. The largest absolute Gasteiger partial charge is 0.223 e. The van der Waals surface area contributed by atoms with Crippen LogP contribution in [0.4, 0.5) is 0 Å². The Morgan fingerprint density at radius 1 is 0.395 bits per heavy atom. The van der Waals surface area contributed by atoms with Gasteiger partial charge in [-0.25, -0.2) is 16.8 Å². The molecule has 0 bridgehead atoms. The zero-order valence-corrected chi connectivity index (χ0v) is 28.9. The molecule has 0 saturated heterocycles. The minimum Gasteiger partial charge on any atom is -0.223 e. The standard InChI is InChI=1S/C37H60O4S2/c1-3-5-7-9-11-13-15-19-26-36(42(38,39)34-28-21-17-22-29-34)32-25-33-37(27-20-16-14-12-10-8-6-4-2)43(40,41)35-30-23-18-24-31-35/h17-18,21-24,28-31,36-37H,3-16,19-20,25-27,32-33H2,1-2H3. The molecule has 0 amide bonds. The lowest BCUT2D eigenvalue weighted by Crippen LogP contribution is -2.25. The van der Waals surface area contributed by atoms with Crippen LogP contribution in [0, 0.1) is 0 Å². The summed E-state index contributed by atoms with van der Waals surface area (Å²) in [7, 11) is -6.95. The summed E-state index contributed by atoms with van der Waals surface area (Å²) in [6.07, 6.45) is 21.7. The van der Waals surface area contributed by atoms with E-state index in [1.165, 1.54) is 64.2 Å². The second-order valence-electron chi connectivity index (χ2n) is 12.4. The van der Waals surface area contributed by atoms with E-state index in [9.17, 15) is 16.8 Å². The predicted molar refractivity (Wildman–Crippen MR) is 183 cm³/mol. The summed E-state index contributed by atoms with van der Waals surface area (Å²) in [5, 5.41) is -0.948. The number of benzene rings is 2. The van der Waals surface area contributed by atoms with Gasteiger partial charge >= 0.3 is 0 Å². The van der Waals surface area contributed by atoms with Crippen molar-refractivity contribution in [2.45, 2.75) is 169 Å². The zero-order valence-electron chi connectivity index (χ0n) is 27.2. The minimum atomic E-state index is -3.47. The van der Waals surface area contributed by atoms with E-state index < -0.39 is 30.2 Å². The molecule has 0 aromatic heterocycles. The summed E-state index contributed by atoms with van der Waals surface area (Å²) in [6.45, 7) is 4.45. The maximum Gasteiger partial charge on any atom is 0.181 e. The summed E-state index contributed by atoms with van der Waals surface area (Å²) < 4.78 is 54.7. The maximum atomic E-state index is 13.7. The molecule has 0 heterocycles. The van der Waals surface area contributed by atoms with Crippen LogP contribution in [-0.4, -0.2) is 27.3 Å². The third kappa shape index (κ3) is 14.3. The van der Waals surface area contributed by atoms with Gasteiger partial charge in [0.25, 0.3) is 0 Å². The number of sulfone groups is 2. The highest BCUT2D eigenvalue weighted by atomic mass is 32.2. The number of hydrogen-bond donors (Lipinski definition) is 0. The van der Waals surface area contributed by atoms with Crippen molar-refractivity contribution < 1.29 is 16.8 Å². The molecule has 0 saturated carbocycles. The van der Waals surface area contributed by atoms with Gasteiger partial charge in [-0.05, 0) is 49.9 Å². The van der Waals surface area contributed by atoms with E-state index in [-0.39, 0.29) is 0 Å². The van der Waals surface area contributed by atoms with Crippen molar-refractivity contribution in [2.24, 2.45) is 0 Å². The summed E-state index contributed by atoms with van der Waals surface area (Å²) in [5.41, 5.74) is 0. The first-order valence-electron chi connectivity index (χ1n) is 17.4. The van der Waals surface area contributed by atoms with Crippen molar-refractivity contribution in [3.8, 4) is 0 Å². The topological polar surface area (TPSA) is 68.3 Å². The van der Waals surface area contributed by atoms with Crippen molar-refractivity contribution in [1.82, 2.24) is 0 Å². The highest BCUT2D eigenvalue weighted by Crippen LogP contribution is 2.29. The molecule has 0 aliphatic rings. The van der Waals surface area contributed by atoms with Crippen LogP contribution in [-0.2, 0) is 19.7 Å². The number of rotatable bonds is 26. The van der Waals surface area contributed by atoms with Gasteiger partial charge in [0.1, 0.15) is 0 Å². The van der Waals surface area contributed by atoms with Crippen molar-refractivity contribution in [3.05, 3.63) is 60.7 Å². The van der Waals surface area contributed by atoms with Crippen LogP contribution in [0.5, 0.6) is 0 Å². The van der Waals surface area contributed by atoms with E-state index in [1.54, 1.807) is 48.5 Å². The highest BCUT2D eigenvalue weighted by molar-refractivity contribution is 7.92. The molecule has 2 aromatic carbocycles. The van der Waals surface area contributed by atoms with Crippen molar-refractivity contribution >= 4 is 19.7 Å². The molecular formula is C37H60O4S2. The number of hydrogen-bond acceptors (Lipinski definition) is 4. The molecule has 0 N–H and O–H groups in total. The van der Waals surface area contributed by atoms with Crippen LogP contribution in [0.15, 0.2) is 70.5 Å². The smallest absolute Gasteiger partial charge is 0.181 e. The van der Waals surface area contributed by atoms with Gasteiger partial charge in [-0.1, -0.05) is 159 Å². The van der Waals surface area contributed by atoms with E-state index in [4.69, 9.17) is 0 Å². The van der Waals surface area contributed by atoms with E-state index in [1.807, 2.05) is 12.1 Å². The Morgan fingerprint density at radius 2 is 0.674 bits per heavy atom. The lowest BCUT2D eigenvalue weighted by Gasteiger charge is -2.21. The second-order valence-corrected chi connectivity index (χ2v) is 16.9. The molecule has 6 heteroatoms. The van der Waals surface area contributed by atoms with Gasteiger partial charge in [0.15, 0.2) is 19.7 Å². The van der Waals surface area contributed by atoms with Crippen LogP contribution in [0.2, 0.25) is 0 Å². The summed E-state index contributed by atoms with van der Waals surface area (Å²) in [6, 6.07) is 17.6. The fourth-order valence-corrected chi connectivity index (χ4v) is 9.85. The summed E-state index contributed by atoms with van der Waals surface area (Å²) in [5.74, 6) is 0. The molecule has 2 aromatic rings. The van der Waals surface area contributed by atoms with Crippen LogP contribution in [0.25, 0.3) is 0 Å². The van der Waals surface area contributed by atoms with Crippen LogP contribution < -0.4 is 0 Å². The maximum absolute atomic E-state index is 13.7. The monoisotopic (exact) mass is 632 g/mol. The van der Waals surface area contributed by atoms with Gasteiger partial charge in [0, 0.05) is 0 Å². The van der Waals surface area contributed by atoms with Gasteiger partial charge in [0.05, 0.1) is 20.3 Å². The van der Waals surface area contributed by atoms with Crippen LogP contribution in [0.1, 0.15) is 149 Å². The van der Waals surface area contributed by atoms with Gasteiger partial charge in [0.2, 0.25) is 0 Å². The quantitative estimate of drug-likeness (QED) is 0.0968. The van der Waals surface area contributed by atoms with Gasteiger partial charge in [-0.2, -0.15) is 0 Å². The van der Waals surface area contributed by atoms with Gasteiger partial charge in [-0.15, -0.1) is 0 Å². The third-order valence-electron chi connectivity index (χ3n) is 8.83. The third-order valence-corrected chi connectivity index (χ3v) is 13.4. The fraction of sp³-hybridized carbons (Fsp3) is 0.676. The zero-order chi connectivity index (χ0) is 31.2. The Labute approximate surface area is 265 Å². The van der Waals surface area contributed by atoms with E-state index in [0.717, 1.165) is 38.5 Å². The van der Waals surface area contributed by atoms with E-state index in [2.05, 4.69) is 13.8 Å². The van der Waals surface area contributed by atoms with Crippen molar-refractivity contribution in [2.75, 3.05) is 0 Å². The first-order valence-corrected chi connectivity index (χ1v) is 20.5. The highest BCUT2D eigenvalue weighted by Gasteiger charge is 2.30. The van der Waals surface area contributed by atoms with Gasteiger partial charge in [-0.3, -0.25) is 0 Å². The first-order chi connectivity index (χ1) is 20.8. The molecule has 2 rings (SSSR count). The SMILES string of the molecule is CCCCCCCCCCC(CCCC(CCCCCCCCCC)S(=O)(=O)c1ccccc1)S(=O)(=O)c1ccccc1. The van der Waals surface area contributed by atoms with E-state index >= 15 is 0 Å².